The molecular weight excluding hydrogens is 462 g/mol. The minimum atomic E-state index is -2.53. The van der Waals surface area contributed by atoms with Gasteiger partial charge in [-0.25, -0.2) is 13.8 Å². The number of nitrogens with zero attached hydrogens (tertiary/aromatic N) is 3. The number of nitrogen functional groups attached to an aromatic ring is 1. The molecule has 1 aliphatic rings. The first-order valence-electron chi connectivity index (χ1n) is 12.4. The van der Waals surface area contributed by atoms with E-state index in [0.717, 1.165) is 58.2 Å². The number of fused-ring (bicyclic) bond motifs is 3. The Labute approximate surface area is 209 Å². The molecule has 0 bridgehead atoms. The van der Waals surface area contributed by atoms with Gasteiger partial charge >= 0.3 is 0 Å². The fraction of sp³-hybridized carbons (Fsp3) is 0.407. The number of halogens is 2. The fourth-order valence-corrected chi connectivity index (χ4v) is 4.92. The van der Waals surface area contributed by atoms with E-state index in [2.05, 4.69) is 44.2 Å². The number of anilines is 2. The first kappa shape index (κ1) is 24.2. The predicted octanol–water partition coefficient (Wildman–Crippen LogP) is 5.32. The van der Waals surface area contributed by atoms with Crippen LogP contribution in [0.2, 0.25) is 0 Å². The summed E-state index contributed by atoms with van der Waals surface area (Å²) in [6.45, 7) is 3.98. The topological polar surface area (TPSA) is 90.0 Å². The van der Waals surface area contributed by atoms with Crippen LogP contribution >= 0.6 is 0 Å². The van der Waals surface area contributed by atoms with Gasteiger partial charge in [-0.15, -0.1) is 0 Å². The van der Waals surface area contributed by atoms with E-state index in [4.69, 9.17) is 10.5 Å². The summed E-state index contributed by atoms with van der Waals surface area (Å²) in [4.78, 5) is 9.13. The summed E-state index contributed by atoms with van der Waals surface area (Å²) < 4.78 is 34.3. The molecule has 0 radical (unpaired) electrons. The van der Waals surface area contributed by atoms with Gasteiger partial charge in [0.1, 0.15) is 16.8 Å². The molecule has 0 saturated heterocycles. The summed E-state index contributed by atoms with van der Waals surface area (Å²) >= 11 is 0. The Morgan fingerprint density at radius 1 is 1.17 bits per heavy atom. The minimum Gasteiger partial charge on any atom is -0.496 e. The normalized spacial score (nSPS) is 15.3. The van der Waals surface area contributed by atoms with Crippen molar-refractivity contribution in [3.05, 3.63) is 53.6 Å². The summed E-state index contributed by atoms with van der Waals surface area (Å²) in [6.07, 6.45) is 1.88. The maximum Gasteiger partial charge on any atom is 0.251 e. The SMILES string of the molecule is CCCCNc1nc(N)nc2c3ccccc3n(Cc3cc(CNC4CC(F)(F)C4)ccc3OC)c12. The second kappa shape index (κ2) is 9.89. The number of para-hydroxylation sites is 1. The molecule has 0 aliphatic heterocycles. The van der Waals surface area contributed by atoms with Gasteiger partial charge in [0.05, 0.1) is 19.2 Å². The third-order valence-electron chi connectivity index (χ3n) is 6.80. The molecule has 1 saturated carbocycles. The van der Waals surface area contributed by atoms with E-state index < -0.39 is 5.92 Å². The first-order chi connectivity index (χ1) is 17.4. The van der Waals surface area contributed by atoms with Crippen molar-refractivity contribution >= 4 is 33.7 Å². The van der Waals surface area contributed by atoms with Crippen LogP contribution in [-0.2, 0) is 13.1 Å². The van der Waals surface area contributed by atoms with Gasteiger partial charge in [-0.2, -0.15) is 4.98 Å². The van der Waals surface area contributed by atoms with Crippen molar-refractivity contribution in [3.63, 3.8) is 0 Å². The third-order valence-corrected chi connectivity index (χ3v) is 6.80. The zero-order chi connectivity index (χ0) is 25.3. The number of hydrogen-bond donors (Lipinski definition) is 3. The Morgan fingerprint density at radius 2 is 1.97 bits per heavy atom. The second-order valence-corrected chi connectivity index (χ2v) is 9.50. The molecule has 1 aliphatic carbocycles. The zero-order valence-corrected chi connectivity index (χ0v) is 20.7. The van der Waals surface area contributed by atoms with Crippen LogP contribution in [0.3, 0.4) is 0 Å². The van der Waals surface area contributed by atoms with Gasteiger partial charge in [0, 0.05) is 42.9 Å². The summed E-state index contributed by atoms with van der Waals surface area (Å²) in [5.41, 5.74) is 10.8. The Balaban J connectivity index is 1.52. The predicted molar refractivity (Wildman–Crippen MR) is 140 cm³/mol. The molecule has 0 unspecified atom stereocenters. The first-order valence-corrected chi connectivity index (χ1v) is 12.4. The lowest BCUT2D eigenvalue weighted by atomic mass is 9.88. The highest BCUT2D eigenvalue weighted by atomic mass is 19.3. The van der Waals surface area contributed by atoms with Crippen molar-refractivity contribution in [2.45, 2.75) is 57.7 Å². The maximum atomic E-state index is 13.2. The number of unbranched alkanes of at least 4 members (excludes halogenated alkanes) is 1. The van der Waals surface area contributed by atoms with Crippen molar-refractivity contribution in [2.75, 3.05) is 24.7 Å². The van der Waals surface area contributed by atoms with Crippen LogP contribution in [0.25, 0.3) is 21.9 Å². The molecule has 2 heterocycles. The van der Waals surface area contributed by atoms with Crippen molar-refractivity contribution in [1.82, 2.24) is 19.9 Å². The van der Waals surface area contributed by atoms with Crippen LogP contribution in [-0.4, -0.2) is 40.2 Å². The van der Waals surface area contributed by atoms with Crippen LogP contribution in [0.4, 0.5) is 20.5 Å². The molecule has 0 amide bonds. The third kappa shape index (κ3) is 4.80. The average Bonchev–Trinajstić information content (AvgIpc) is 3.15. The zero-order valence-electron chi connectivity index (χ0n) is 20.7. The van der Waals surface area contributed by atoms with E-state index in [1.54, 1.807) is 7.11 Å². The van der Waals surface area contributed by atoms with E-state index in [-0.39, 0.29) is 24.8 Å². The summed E-state index contributed by atoms with van der Waals surface area (Å²) in [6, 6.07) is 13.9. The van der Waals surface area contributed by atoms with E-state index in [1.165, 1.54) is 0 Å². The molecule has 0 spiro atoms. The largest absolute Gasteiger partial charge is 0.496 e. The molecule has 4 N–H and O–H groups in total. The second-order valence-electron chi connectivity index (χ2n) is 9.50. The smallest absolute Gasteiger partial charge is 0.251 e. The molecule has 0 atom stereocenters. The molecule has 7 nitrogen and oxygen atoms in total. The number of nitrogens with two attached hydrogens (primary N) is 1. The number of nitrogens with one attached hydrogen (secondary N) is 2. The number of hydrogen-bond acceptors (Lipinski definition) is 6. The van der Waals surface area contributed by atoms with Crippen molar-refractivity contribution < 1.29 is 13.5 Å². The van der Waals surface area contributed by atoms with E-state index in [1.807, 2.05) is 30.3 Å². The highest BCUT2D eigenvalue weighted by molar-refractivity contribution is 6.09. The molecular formula is C27H32F2N6O. The lowest BCUT2D eigenvalue weighted by molar-refractivity contribution is -0.0930. The minimum absolute atomic E-state index is 0.103. The number of alkyl halides is 2. The lowest BCUT2D eigenvalue weighted by Gasteiger charge is -2.35. The van der Waals surface area contributed by atoms with Gasteiger partial charge in [-0.1, -0.05) is 37.6 Å². The van der Waals surface area contributed by atoms with Crippen molar-refractivity contribution in [2.24, 2.45) is 0 Å². The van der Waals surface area contributed by atoms with Gasteiger partial charge in [0.25, 0.3) is 5.92 Å². The highest BCUT2D eigenvalue weighted by Crippen LogP contribution is 2.38. The number of benzene rings is 2. The van der Waals surface area contributed by atoms with Crippen LogP contribution in [0, 0.1) is 0 Å². The van der Waals surface area contributed by atoms with Crippen LogP contribution < -0.4 is 21.1 Å². The molecule has 36 heavy (non-hydrogen) atoms. The van der Waals surface area contributed by atoms with Crippen LogP contribution in [0.5, 0.6) is 5.75 Å². The molecule has 190 valence electrons. The number of aromatic nitrogens is 3. The van der Waals surface area contributed by atoms with Gasteiger partial charge in [-0.3, -0.25) is 0 Å². The lowest BCUT2D eigenvalue weighted by Crippen LogP contribution is -2.48. The van der Waals surface area contributed by atoms with E-state index in [0.29, 0.717) is 18.9 Å². The van der Waals surface area contributed by atoms with E-state index in [9.17, 15) is 8.78 Å². The van der Waals surface area contributed by atoms with Gasteiger partial charge < -0.3 is 25.7 Å². The average molecular weight is 495 g/mol. The standard InChI is InChI=1S/C27H32F2N6O/c1-3-4-11-31-25-24-23(33-26(30)34-25)20-7-5-6-8-21(20)35(24)16-18-12-17(9-10-22(18)36-2)15-32-19-13-27(28,29)14-19/h5-10,12,19,32H,3-4,11,13-16H2,1-2H3,(H3,30,31,33,34). The molecule has 2 aromatic carbocycles. The monoisotopic (exact) mass is 494 g/mol. The van der Waals surface area contributed by atoms with Crippen molar-refractivity contribution in [3.8, 4) is 5.75 Å². The van der Waals surface area contributed by atoms with Gasteiger partial charge in [-0.05, 0) is 30.2 Å². The molecule has 5 rings (SSSR count). The molecule has 2 aromatic heterocycles. The molecule has 4 aromatic rings. The molecule has 1 fully saturated rings. The van der Waals surface area contributed by atoms with Crippen LogP contribution in [0.15, 0.2) is 42.5 Å². The number of methoxy groups -OCH3 is 1. The Kier molecular flexibility index (Phi) is 6.66. The quantitative estimate of drug-likeness (QED) is 0.259. The summed E-state index contributed by atoms with van der Waals surface area (Å²) in [7, 11) is 1.65. The summed E-state index contributed by atoms with van der Waals surface area (Å²) in [5.74, 6) is -0.827. The Hall–Kier alpha value is -3.46. The van der Waals surface area contributed by atoms with Gasteiger partial charge in [0.2, 0.25) is 5.95 Å². The van der Waals surface area contributed by atoms with Gasteiger partial charge in [0.15, 0.2) is 5.82 Å². The van der Waals surface area contributed by atoms with Crippen molar-refractivity contribution in [1.29, 1.82) is 0 Å². The molecule has 9 heteroatoms. The Bertz CT molecular complexity index is 1380. The maximum absolute atomic E-state index is 13.2. The van der Waals surface area contributed by atoms with E-state index >= 15 is 0 Å². The number of ether oxygens (including phenoxy) is 1. The highest BCUT2D eigenvalue weighted by Gasteiger charge is 2.44. The Morgan fingerprint density at radius 3 is 2.72 bits per heavy atom. The number of rotatable bonds is 10. The van der Waals surface area contributed by atoms with Crippen LogP contribution in [0.1, 0.15) is 43.7 Å². The fourth-order valence-electron chi connectivity index (χ4n) is 4.92. The summed E-state index contributed by atoms with van der Waals surface area (Å²) in [5, 5.41) is 7.70.